The number of nitrogens with zero attached hydrogens (tertiary/aromatic N) is 6. The minimum Gasteiger partial charge on any atom is -0.325 e. The molecule has 10 nitrogen and oxygen atoms in total. The van der Waals surface area contributed by atoms with Crippen LogP contribution < -0.4 is 5.32 Å². The summed E-state index contributed by atoms with van der Waals surface area (Å²) in [7, 11) is 0. The fourth-order valence-corrected chi connectivity index (χ4v) is 7.23. The van der Waals surface area contributed by atoms with Crippen molar-refractivity contribution in [3.63, 3.8) is 0 Å². The molecule has 0 bridgehead atoms. The number of aromatic nitrogens is 5. The van der Waals surface area contributed by atoms with Crippen molar-refractivity contribution >= 4 is 61.8 Å². The first-order chi connectivity index (χ1) is 22.5. The van der Waals surface area contributed by atoms with Gasteiger partial charge in [-0.2, -0.15) is 5.10 Å². The summed E-state index contributed by atoms with van der Waals surface area (Å²) in [5.74, 6) is 0.380. The number of aryl methyl sites for hydroxylation is 2. The van der Waals surface area contributed by atoms with Crippen LogP contribution in [0.2, 0.25) is 5.02 Å². The fraction of sp³-hybridized carbons (Fsp3) is 0.286. The molecule has 1 aliphatic carbocycles. The number of carbonyl (C=O) groups is 3. The van der Waals surface area contributed by atoms with Gasteiger partial charge in [-0.25, -0.2) is 15.0 Å². The molecule has 1 N–H and O–H groups in total. The maximum Gasteiger partial charge on any atom is 0.248 e. The first-order valence-corrected chi connectivity index (χ1v) is 16.5. The highest BCUT2D eigenvalue weighted by molar-refractivity contribution is 9.10. The second-order valence-corrected chi connectivity index (χ2v) is 13.8. The van der Waals surface area contributed by atoms with Crippen molar-refractivity contribution in [2.75, 3.05) is 5.32 Å². The van der Waals surface area contributed by atoms with Crippen molar-refractivity contribution in [1.29, 1.82) is 0 Å². The van der Waals surface area contributed by atoms with Crippen LogP contribution in [0.15, 0.2) is 71.6 Å². The molecule has 0 spiro atoms. The van der Waals surface area contributed by atoms with Gasteiger partial charge in [-0.15, -0.1) is 0 Å². The second-order valence-electron chi connectivity index (χ2n) is 12.5. The van der Waals surface area contributed by atoms with Crippen molar-refractivity contribution in [3.8, 4) is 11.1 Å². The molecule has 2 amide bonds. The molecule has 12 heteroatoms. The Balaban J connectivity index is 1.20. The minimum absolute atomic E-state index is 0.111. The van der Waals surface area contributed by atoms with E-state index in [1.54, 1.807) is 22.0 Å². The smallest absolute Gasteiger partial charge is 0.248 e. The van der Waals surface area contributed by atoms with E-state index in [9.17, 15) is 14.4 Å². The van der Waals surface area contributed by atoms with Gasteiger partial charge < -0.3 is 10.2 Å². The van der Waals surface area contributed by atoms with Crippen LogP contribution in [0.1, 0.15) is 47.2 Å². The summed E-state index contributed by atoms with van der Waals surface area (Å²) in [6, 6.07) is 16.2. The van der Waals surface area contributed by atoms with E-state index in [4.69, 9.17) is 11.6 Å². The van der Waals surface area contributed by atoms with Gasteiger partial charge in [0, 0.05) is 41.3 Å². The number of nitrogens with one attached hydrogen (secondary N) is 1. The summed E-state index contributed by atoms with van der Waals surface area (Å²) < 4.78 is 2.17. The Morgan fingerprint density at radius 2 is 1.74 bits per heavy atom. The van der Waals surface area contributed by atoms with E-state index < -0.39 is 6.04 Å². The molecule has 0 radical (unpaired) electrons. The first-order valence-electron chi connectivity index (χ1n) is 15.3. The summed E-state index contributed by atoms with van der Waals surface area (Å²) in [6.45, 7) is 5.03. The molecule has 1 saturated carbocycles. The van der Waals surface area contributed by atoms with Crippen LogP contribution in [-0.2, 0) is 22.6 Å². The molecule has 3 aromatic heterocycles. The lowest BCUT2D eigenvalue weighted by Crippen LogP contribution is -2.47. The van der Waals surface area contributed by atoms with Gasteiger partial charge in [-0.1, -0.05) is 35.9 Å². The van der Waals surface area contributed by atoms with Gasteiger partial charge >= 0.3 is 0 Å². The van der Waals surface area contributed by atoms with Crippen LogP contribution in [0.5, 0.6) is 0 Å². The normalized spacial score (nSPS) is 19.9. The molecule has 2 aliphatic rings. The lowest BCUT2D eigenvalue weighted by atomic mass is 9.91. The lowest BCUT2D eigenvalue weighted by molar-refractivity contribution is -0.138. The summed E-state index contributed by atoms with van der Waals surface area (Å²) in [5, 5.41) is 8.87. The van der Waals surface area contributed by atoms with Crippen LogP contribution in [-0.4, -0.2) is 59.3 Å². The van der Waals surface area contributed by atoms with E-state index in [1.165, 1.54) is 6.92 Å². The Hall–Kier alpha value is -4.48. The maximum absolute atomic E-state index is 14.3. The standard InChI is InChI=1S/C35H31BrClN7O3/c1-19-4-11-30(36)40-33(19)41-34(47)28-14-35(13-22-5-8-25(37)9-6-22)15-29(35)44(28)31(46)18-43-27-10-7-23(24-16-38-21(3)39-17-24)12-26(27)32(42-43)20(2)45/h4-12,16-17,28-29H,13-15,18H2,1-3H3,(H,40,41,47)/t28-,29+,35-/m0/s1. The number of fused-ring (bicyclic) bond motifs is 2. The third-order valence-corrected chi connectivity index (χ3v) is 9.96. The zero-order valence-electron chi connectivity index (χ0n) is 26.0. The number of ketones is 1. The highest BCUT2D eigenvalue weighted by Crippen LogP contribution is 2.61. The average Bonchev–Trinajstić information content (AvgIpc) is 3.45. The number of anilines is 1. The minimum atomic E-state index is -0.698. The molecule has 1 saturated heterocycles. The van der Waals surface area contributed by atoms with Gasteiger partial charge in [-0.3, -0.25) is 19.1 Å². The Bertz CT molecular complexity index is 2060. The quantitative estimate of drug-likeness (QED) is 0.147. The number of likely N-dealkylation sites (tertiary alicyclic amines) is 1. The molecule has 5 aromatic rings. The molecule has 47 heavy (non-hydrogen) atoms. The number of Topliss-reactive ketones (excluding diaryl/α,β-unsaturated/α-hetero) is 1. The highest BCUT2D eigenvalue weighted by atomic mass is 79.9. The van der Waals surface area contributed by atoms with Crippen molar-refractivity contribution in [3.05, 3.63) is 99.3 Å². The fourth-order valence-electron chi connectivity index (χ4n) is 6.80. The van der Waals surface area contributed by atoms with E-state index in [1.807, 2.05) is 68.4 Å². The molecule has 7 rings (SSSR count). The molecular formula is C35H31BrClN7O3. The zero-order valence-corrected chi connectivity index (χ0v) is 28.3. The molecule has 3 atom stereocenters. The number of pyridine rings is 1. The van der Waals surface area contributed by atoms with Crippen molar-refractivity contribution in [1.82, 2.24) is 29.6 Å². The maximum atomic E-state index is 14.3. The lowest BCUT2D eigenvalue weighted by Gasteiger charge is -2.27. The Morgan fingerprint density at radius 1 is 1.00 bits per heavy atom. The number of rotatable bonds is 8. The van der Waals surface area contributed by atoms with E-state index in [2.05, 4.69) is 41.3 Å². The van der Waals surface area contributed by atoms with Crippen LogP contribution in [0.25, 0.3) is 22.0 Å². The largest absolute Gasteiger partial charge is 0.325 e. The third-order valence-electron chi connectivity index (χ3n) is 9.27. The van der Waals surface area contributed by atoms with Gasteiger partial charge in [0.1, 0.15) is 34.5 Å². The predicted octanol–water partition coefficient (Wildman–Crippen LogP) is 6.36. The molecule has 0 unspecified atom stereocenters. The van der Waals surface area contributed by atoms with E-state index in [-0.39, 0.29) is 41.3 Å². The highest BCUT2D eigenvalue weighted by Gasteiger charge is 2.66. The molecule has 1 aliphatic heterocycles. The third kappa shape index (κ3) is 5.94. The van der Waals surface area contributed by atoms with Gasteiger partial charge in [0.2, 0.25) is 11.8 Å². The summed E-state index contributed by atoms with van der Waals surface area (Å²) in [6.07, 6.45) is 5.51. The molecule has 2 fully saturated rings. The average molecular weight is 713 g/mol. The first kappa shape index (κ1) is 31.1. The topological polar surface area (TPSA) is 123 Å². The SMILES string of the molecule is CC(=O)c1nn(CC(=O)N2[C@H](C(=O)Nc3nc(Br)ccc3C)C[C@@]3(Cc4ccc(Cl)cc4)C[C@@H]23)c2ccc(-c3cnc(C)nc3)cc12. The number of benzene rings is 2. The van der Waals surface area contributed by atoms with Crippen LogP contribution in [0.4, 0.5) is 5.82 Å². The van der Waals surface area contributed by atoms with Gasteiger partial charge in [0.25, 0.3) is 0 Å². The van der Waals surface area contributed by atoms with E-state index in [0.29, 0.717) is 38.6 Å². The number of piperidine rings is 1. The summed E-state index contributed by atoms with van der Waals surface area (Å²) in [5.41, 5.74) is 4.26. The second kappa shape index (κ2) is 12.0. The van der Waals surface area contributed by atoms with E-state index in [0.717, 1.165) is 35.1 Å². The Labute approximate surface area is 284 Å². The molecule has 4 heterocycles. The van der Waals surface area contributed by atoms with Crippen LogP contribution in [0.3, 0.4) is 0 Å². The van der Waals surface area contributed by atoms with Crippen LogP contribution >= 0.6 is 27.5 Å². The summed E-state index contributed by atoms with van der Waals surface area (Å²) >= 11 is 9.52. The van der Waals surface area contributed by atoms with Gasteiger partial charge in [-0.05, 0) is 101 Å². The number of hydrogen-bond donors (Lipinski definition) is 1. The van der Waals surface area contributed by atoms with Gasteiger partial charge in [0.15, 0.2) is 5.78 Å². The van der Waals surface area contributed by atoms with Crippen LogP contribution in [0, 0.1) is 19.3 Å². The van der Waals surface area contributed by atoms with Gasteiger partial charge in [0.05, 0.1) is 5.52 Å². The molecule has 238 valence electrons. The number of hydrogen-bond acceptors (Lipinski definition) is 7. The van der Waals surface area contributed by atoms with E-state index >= 15 is 0 Å². The number of halogens is 2. The molecular weight excluding hydrogens is 682 g/mol. The Kier molecular flexibility index (Phi) is 7.92. The number of carbonyl (C=O) groups excluding carboxylic acids is 3. The Morgan fingerprint density at radius 3 is 2.47 bits per heavy atom. The van der Waals surface area contributed by atoms with Crippen molar-refractivity contribution in [2.24, 2.45) is 5.41 Å². The summed E-state index contributed by atoms with van der Waals surface area (Å²) in [4.78, 5) is 55.6. The monoisotopic (exact) mass is 711 g/mol. The van der Waals surface area contributed by atoms with Crippen molar-refractivity contribution < 1.29 is 14.4 Å². The predicted molar refractivity (Wildman–Crippen MR) is 182 cm³/mol. The zero-order chi connectivity index (χ0) is 33.0. The number of amides is 2. The molecule has 2 aromatic carbocycles. The van der Waals surface area contributed by atoms with Crippen molar-refractivity contribution in [2.45, 2.75) is 58.7 Å².